The quantitative estimate of drug-likeness (QED) is 0.624. The van der Waals surface area contributed by atoms with E-state index in [0.29, 0.717) is 0 Å². The first-order valence-corrected chi connectivity index (χ1v) is 8.25. The van der Waals surface area contributed by atoms with Crippen LogP contribution in [0.2, 0.25) is 0 Å². The van der Waals surface area contributed by atoms with Crippen LogP contribution in [0.1, 0.15) is 23.3 Å². The molecule has 1 amide bonds. The van der Waals surface area contributed by atoms with Crippen LogP contribution in [0.25, 0.3) is 0 Å². The van der Waals surface area contributed by atoms with Gasteiger partial charge in [0.15, 0.2) is 12.0 Å². The number of primary amides is 1. The summed E-state index contributed by atoms with van der Waals surface area (Å²) in [5.74, 6) is -1.34. The van der Waals surface area contributed by atoms with Crippen LogP contribution in [0.4, 0.5) is 0 Å². The van der Waals surface area contributed by atoms with Crippen LogP contribution in [0, 0.1) is 0 Å². The van der Waals surface area contributed by atoms with Crippen molar-refractivity contribution in [2.24, 2.45) is 5.73 Å². The smallest absolute Gasteiger partial charge is 0.363 e. The van der Waals surface area contributed by atoms with Crippen molar-refractivity contribution in [1.82, 2.24) is 24.1 Å². The van der Waals surface area contributed by atoms with E-state index in [1.54, 1.807) is 0 Å². The highest BCUT2D eigenvalue weighted by Gasteiger charge is 2.37. The van der Waals surface area contributed by atoms with Crippen molar-refractivity contribution in [3.63, 3.8) is 0 Å². The largest absolute Gasteiger partial charge is 0.437 e. The minimum atomic E-state index is -4.15. The van der Waals surface area contributed by atoms with E-state index in [0.717, 1.165) is 10.7 Å². The fourth-order valence-corrected chi connectivity index (χ4v) is 2.95. The molecule has 3 rings (SSSR count). The number of hydrogen-bond acceptors (Lipinski definition) is 8. The summed E-state index contributed by atoms with van der Waals surface area (Å²) in [5, 5.41) is 3.81. The molecule has 12 nitrogen and oxygen atoms in total. The fraction of sp³-hybridized carbons (Fsp3) is 0.364. The molecular formula is C11H13N6O6P. The van der Waals surface area contributed by atoms with Crippen molar-refractivity contribution < 1.29 is 28.3 Å². The maximum atomic E-state index is 12.0. The van der Waals surface area contributed by atoms with E-state index in [4.69, 9.17) is 15.0 Å². The average Bonchev–Trinajstić information content (AvgIpc) is 3.26. The molecule has 0 aliphatic carbocycles. The van der Waals surface area contributed by atoms with Crippen molar-refractivity contribution in [1.29, 1.82) is 0 Å². The molecule has 3 N–H and O–H groups in total. The first kappa shape index (κ1) is 16.5. The molecule has 1 saturated heterocycles. The van der Waals surface area contributed by atoms with E-state index in [1.165, 1.54) is 23.4 Å². The SMILES string of the molecule is NC(=O)c1ncn([C@H]2CC(=O)[C@@H](COP(=O)(O)n3ccnc3)O2)n1. The molecule has 13 heteroatoms. The summed E-state index contributed by atoms with van der Waals surface area (Å²) >= 11 is 0. The Bertz CT molecular complexity index is 804. The molecule has 1 aliphatic heterocycles. The van der Waals surface area contributed by atoms with Gasteiger partial charge in [0.1, 0.15) is 18.8 Å². The number of ketones is 1. The Labute approximate surface area is 134 Å². The Balaban J connectivity index is 1.62. The third-order valence-corrected chi connectivity index (χ3v) is 4.56. The van der Waals surface area contributed by atoms with Gasteiger partial charge in [-0.15, -0.1) is 5.10 Å². The summed E-state index contributed by atoms with van der Waals surface area (Å²) in [5.41, 5.74) is 5.05. The highest BCUT2D eigenvalue weighted by atomic mass is 31.2. The number of carbonyl (C=O) groups excluding carboxylic acids is 2. The van der Waals surface area contributed by atoms with Crippen LogP contribution in [-0.2, 0) is 18.6 Å². The third-order valence-electron chi connectivity index (χ3n) is 3.26. The molecule has 0 saturated carbocycles. The Morgan fingerprint density at radius 1 is 1.54 bits per heavy atom. The summed E-state index contributed by atoms with van der Waals surface area (Å²) in [7, 11) is -4.15. The molecule has 0 spiro atoms. The molecular weight excluding hydrogens is 343 g/mol. The van der Waals surface area contributed by atoms with Crippen LogP contribution in [0.3, 0.4) is 0 Å². The second-order valence-corrected chi connectivity index (χ2v) is 6.59. The van der Waals surface area contributed by atoms with Crippen molar-refractivity contribution in [2.45, 2.75) is 18.8 Å². The van der Waals surface area contributed by atoms with Crippen molar-refractivity contribution in [3.05, 3.63) is 30.9 Å². The van der Waals surface area contributed by atoms with E-state index < -0.39 is 32.6 Å². The van der Waals surface area contributed by atoms with Crippen LogP contribution < -0.4 is 5.73 Å². The summed E-state index contributed by atoms with van der Waals surface area (Å²) in [6.45, 7) is -0.418. The topological polar surface area (TPSA) is 164 Å². The second-order valence-electron chi connectivity index (χ2n) is 4.89. The minimum Gasteiger partial charge on any atom is -0.363 e. The lowest BCUT2D eigenvalue weighted by Gasteiger charge is -2.16. The number of ether oxygens (including phenoxy) is 1. The van der Waals surface area contributed by atoms with Crippen molar-refractivity contribution >= 4 is 19.4 Å². The molecule has 0 aromatic carbocycles. The standard InChI is InChI=1S/C11H13N6O6P/c12-10(19)11-14-6-17(15-11)9-3-7(18)8(23-9)4-22-24(20,21)16-2-1-13-5-16/h1-2,5-6,8-9H,3-4H2,(H2,12,19)(H,20,21)/t8-,9-/m1/s1. The van der Waals surface area contributed by atoms with Crippen LogP contribution in [0.5, 0.6) is 0 Å². The van der Waals surface area contributed by atoms with E-state index in [1.807, 2.05) is 0 Å². The average molecular weight is 356 g/mol. The minimum absolute atomic E-state index is 0.0452. The zero-order chi connectivity index (χ0) is 17.3. The zero-order valence-electron chi connectivity index (χ0n) is 12.1. The van der Waals surface area contributed by atoms with Gasteiger partial charge in [0.05, 0.1) is 13.0 Å². The molecule has 128 valence electrons. The van der Waals surface area contributed by atoms with Crippen molar-refractivity contribution in [2.75, 3.05) is 6.61 Å². The maximum absolute atomic E-state index is 12.0. The van der Waals surface area contributed by atoms with Crippen LogP contribution in [-0.4, -0.2) is 53.4 Å². The lowest BCUT2D eigenvalue weighted by Crippen LogP contribution is -2.22. The molecule has 1 unspecified atom stereocenters. The maximum Gasteiger partial charge on any atom is 0.437 e. The number of hydrogen-bond donors (Lipinski definition) is 2. The Kier molecular flexibility index (Phi) is 4.28. The fourth-order valence-electron chi connectivity index (χ4n) is 2.06. The molecule has 3 atom stereocenters. The van der Waals surface area contributed by atoms with E-state index in [2.05, 4.69) is 15.1 Å². The number of rotatable bonds is 6. The van der Waals surface area contributed by atoms with Gasteiger partial charge in [-0.2, -0.15) is 0 Å². The normalized spacial score (nSPS) is 23.3. The Morgan fingerprint density at radius 3 is 2.96 bits per heavy atom. The number of carbonyl (C=O) groups is 2. The highest BCUT2D eigenvalue weighted by Crippen LogP contribution is 2.43. The monoisotopic (exact) mass is 356 g/mol. The predicted octanol–water partition coefficient (Wildman–Crippen LogP) is -0.905. The van der Waals surface area contributed by atoms with Gasteiger partial charge < -0.3 is 15.4 Å². The van der Waals surface area contributed by atoms with Gasteiger partial charge in [0.2, 0.25) is 5.82 Å². The molecule has 2 aromatic rings. The Morgan fingerprint density at radius 2 is 2.33 bits per heavy atom. The van der Waals surface area contributed by atoms with Gasteiger partial charge in [-0.05, 0) is 0 Å². The van der Waals surface area contributed by atoms with E-state index >= 15 is 0 Å². The van der Waals surface area contributed by atoms with Gasteiger partial charge >= 0.3 is 7.75 Å². The third kappa shape index (κ3) is 3.26. The summed E-state index contributed by atoms with van der Waals surface area (Å²) in [6.07, 6.45) is 3.04. The van der Waals surface area contributed by atoms with Gasteiger partial charge in [-0.25, -0.2) is 23.6 Å². The molecule has 2 aromatic heterocycles. The lowest BCUT2D eigenvalue weighted by molar-refractivity contribution is -0.124. The Hall–Kier alpha value is -2.40. The highest BCUT2D eigenvalue weighted by molar-refractivity contribution is 7.51. The lowest BCUT2D eigenvalue weighted by atomic mass is 10.2. The number of Topliss-reactive ketones (excluding diaryl/α,β-unsaturated/α-hetero) is 1. The second kappa shape index (κ2) is 6.24. The molecule has 0 bridgehead atoms. The summed E-state index contributed by atoms with van der Waals surface area (Å²) in [4.78, 5) is 40.0. The zero-order valence-corrected chi connectivity index (χ0v) is 13.0. The van der Waals surface area contributed by atoms with Crippen LogP contribution >= 0.6 is 7.75 Å². The van der Waals surface area contributed by atoms with E-state index in [-0.39, 0.29) is 18.0 Å². The first-order chi connectivity index (χ1) is 11.4. The summed E-state index contributed by atoms with van der Waals surface area (Å²) < 4.78 is 24.4. The number of amides is 1. The molecule has 1 fully saturated rings. The summed E-state index contributed by atoms with van der Waals surface area (Å²) in [6, 6.07) is 0. The molecule has 3 heterocycles. The molecule has 24 heavy (non-hydrogen) atoms. The molecule has 0 radical (unpaired) electrons. The molecule has 1 aliphatic rings. The van der Waals surface area contributed by atoms with Gasteiger partial charge in [-0.1, -0.05) is 0 Å². The predicted molar refractivity (Wildman–Crippen MR) is 75.5 cm³/mol. The van der Waals surface area contributed by atoms with E-state index in [9.17, 15) is 19.0 Å². The van der Waals surface area contributed by atoms with Gasteiger partial charge in [-0.3, -0.25) is 14.1 Å². The number of aromatic nitrogens is 5. The number of imidazole rings is 1. The van der Waals surface area contributed by atoms with Crippen LogP contribution in [0.15, 0.2) is 25.0 Å². The van der Waals surface area contributed by atoms with Gasteiger partial charge in [0, 0.05) is 12.4 Å². The number of nitrogens with zero attached hydrogens (tertiary/aromatic N) is 5. The van der Waals surface area contributed by atoms with Gasteiger partial charge in [0.25, 0.3) is 5.91 Å². The van der Waals surface area contributed by atoms with Crippen molar-refractivity contribution in [3.8, 4) is 0 Å². The first-order valence-electron chi connectivity index (χ1n) is 6.72. The number of nitrogens with two attached hydrogens (primary N) is 1.